The first kappa shape index (κ1) is 13.5. The molecule has 0 aromatic heterocycles. The number of unbranched alkanes of at least 4 members (excludes halogenated alkanes) is 3. The van der Waals surface area contributed by atoms with Gasteiger partial charge in [0.15, 0.2) is 0 Å². The van der Waals surface area contributed by atoms with E-state index in [4.69, 9.17) is 24.8 Å². The number of hydrogen-bond donors (Lipinski definition) is 1. The molecule has 0 aliphatic carbocycles. The zero-order chi connectivity index (χ0) is 8.24. The molecule has 0 bridgehead atoms. The van der Waals surface area contributed by atoms with Gasteiger partial charge < -0.3 is 5.41 Å². The molecule has 1 N–H and O–H groups in total. The Morgan fingerprint density at radius 3 is 2.20 bits per heavy atom. The molecule has 0 rings (SSSR count). The van der Waals surface area contributed by atoms with Gasteiger partial charge in [0.2, 0.25) is 0 Å². The fourth-order valence-corrected chi connectivity index (χ4v) is 0.496. The van der Waals surface area contributed by atoms with Crippen LogP contribution >= 0.6 is 19.4 Å². The van der Waals surface area contributed by atoms with E-state index < -0.39 is 0 Å². The summed E-state index contributed by atoms with van der Waals surface area (Å²) in [5, 5.41) is 6.66. The van der Waals surface area contributed by atoms with Gasteiger partial charge in [0, 0.05) is 0 Å². The fraction of sp³-hybridized carbons (Fsp3) is 0.833. The van der Waals surface area contributed by atoms with Gasteiger partial charge in [-0.1, -0.05) is 19.8 Å². The standard InChI is InChI=1S/C6H13N.2ClH.Ru/c1-2-3-4-5-6-7;;;/h6-7H,2-5H2,1H3;2*1H;/q;;;+2/p-2. The van der Waals surface area contributed by atoms with E-state index in [9.17, 15) is 0 Å². The molecule has 0 atom stereocenters. The maximum absolute atomic E-state index is 6.66. The van der Waals surface area contributed by atoms with Crippen molar-refractivity contribution in [1.82, 2.24) is 0 Å². The zero-order valence-corrected chi connectivity index (χ0v) is 9.27. The van der Waals surface area contributed by atoms with Crippen molar-refractivity contribution < 1.29 is 15.1 Å². The van der Waals surface area contributed by atoms with Crippen molar-refractivity contribution in [3.8, 4) is 0 Å². The Kier molecular flexibility index (Phi) is 22.2. The van der Waals surface area contributed by atoms with Gasteiger partial charge in [-0.25, -0.2) is 0 Å². The van der Waals surface area contributed by atoms with Crippen molar-refractivity contribution in [1.29, 1.82) is 5.41 Å². The van der Waals surface area contributed by atoms with Crippen LogP contribution in [0.25, 0.3) is 0 Å². The van der Waals surface area contributed by atoms with Gasteiger partial charge in [0.1, 0.15) is 0 Å². The Bertz CT molecular complexity index is 61.7. The second kappa shape index (κ2) is 16.5. The summed E-state index contributed by atoms with van der Waals surface area (Å²) in [5.41, 5.74) is 0. The van der Waals surface area contributed by atoms with E-state index in [1.807, 2.05) is 0 Å². The van der Waals surface area contributed by atoms with Crippen LogP contribution in [-0.4, -0.2) is 6.21 Å². The van der Waals surface area contributed by atoms with Crippen molar-refractivity contribution in [2.45, 2.75) is 32.6 Å². The first-order valence-corrected chi connectivity index (χ1v) is 7.65. The van der Waals surface area contributed by atoms with E-state index in [0.29, 0.717) is 0 Å². The summed E-state index contributed by atoms with van der Waals surface area (Å²) in [4.78, 5) is 0. The second-order valence-corrected chi connectivity index (χ2v) is 4.39. The van der Waals surface area contributed by atoms with Gasteiger partial charge in [0.25, 0.3) is 0 Å². The molecule has 0 aliphatic heterocycles. The topological polar surface area (TPSA) is 23.9 Å². The van der Waals surface area contributed by atoms with Gasteiger partial charge >= 0.3 is 34.5 Å². The van der Waals surface area contributed by atoms with Gasteiger partial charge in [-0.2, -0.15) is 0 Å². The van der Waals surface area contributed by atoms with Crippen molar-refractivity contribution >= 4 is 25.6 Å². The van der Waals surface area contributed by atoms with Crippen LogP contribution in [0.15, 0.2) is 0 Å². The quantitative estimate of drug-likeness (QED) is 0.459. The van der Waals surface area contributed by atoms with E-state index in [0.717, 1.165) is 6.42 Å². The molecule has 0 aliphatic rings. The third-order valence-corrected chi connectivity index (χ3v) is 0.952. The van der Waals surface area contributed by atoms with Crippen LogP contribution in [0, 0.1) is 5.41 Å². The van der Waals surface area contributed by atoms with Crippen LogP contribution in [0.2, 0.25) is 0 Å². The van der Waals surface area contributed by atoms with Crippen LogP contribution in [0.5, 0.6) is 0 Å². The van der Waals surface area contributed by atoms with Crippen molar-refractivity contribution in [3.63, 3.8) is 0 Å². The molecule has 10 heavy (non-hydrogen) atoms. The Hall–Kier alpha value is 0.873. The summed E-state index contributed by atoms with van der Waals surface area (Å²) in [7, 11) is 9.71. The predicted octanol–water partition coefficient (Wildman–Crippen LogP) is 3.59. The first-order chi connectivity index (χ1) is 4.83. The Morgan fingerprint density at radius 2 is 1.90 bits per heavy atom. The van der Waals surface area contributed by atoms with Gasteiger partial charge in [-0.3, -0.25) is 0 Å². The minimum atomic E-state index is -0.346. The van der Waals surface area contributed by atoms with Crippen molar-refractivity contribution in [2.24, 2.45) is 0 Å². The number of rotatable bonds is 4. The third kappa shape index (κ3) is 23.2. The molecule has 64 valence electrons. The van der Waals surface area contributed by atoms with Gasteiger partial charge in [0.05, 0.1) is 0 Å². The van der Waals surface area contributed by atoms with E-state index in [1.165, 1.54) is 25.5 Å². The molecule has 1 nitrogen and oxygen atoms in total. The summed E-state index contributed by atoms with van der Waals surface area (Å²) in [5.74, 6) is 0. The fourth-order valence-electron chi connectivity index (χ4n) is 0.496. The van der Waals surface area contributed by atoms with Crippen LogP contribution in [0.1, 0.15) is 32.6 Å². The predicted molar refractivity (Wildman–Crippen MR) is 44.6 cm³/mol. The molecule has 0 aromatic carbocycles. The molecule has 0 heterocycles. The SMILES string of the molecule is CCCCCC=N.[Cl][Ru][Cl]. The first-order valence-electron chi connectivity index (χ1n) is 3.17. The average Bonchev–Trinajstić information content (AvgIpc) is 1.91. The van der Waals surface area contributed by atoms with Crippen LogP contribution in [-0.2, 0) is 15.1 Å². The van der Waals surface area contributed by atoms with E-state index in [2.05, 4.69) is 6.92 Å². The summed E-state index contributed by atoms with van der Waals surface area (Å²) < 4.78 is 0. The normalized spacial score (nSPS) is 8.30. The van der Waals surface area contributed by atoms with Crippen LogP contribution in [0.4, 0.5) is 0 Å². The van der Waals surface area contributed by atoms with Gasteiger partial charge in [-0.15, -0.1) is 0 Å². The molecule has 0 saturated carbocycles. The zero-order valence-electron chi connectivity index (χ0n) is 6.02. The van der Waals surface area contributed by atoms with E-state index in [-0.39, 0.29) is 15.1 Å². The third-order valence-electron chi connectivity index (χ3n) is 0.952. The molecule has 0 aromatic rings. The molecular formula is C6H13Cl2NRu. The summed E-state index contributed by atoms with van der Waals surface area (Å²) in [6.45, 7) is 2.17. The van der Waals surface area contributed by atoms with Crippen molar-refractivity contribution in [2.75, 3.05) is 0 Å². The number of hydrogen-bond acceptors (Lipinski definition) is 1. The Balaban J connectivity index is 0. The second-order valence-electron chi connectivity index (χ2n) is 1.75. The monoisotopic (exact) mass is 271 g/mol. The average molecular weight is 271 g/mol. The Labute approximate surface area is 78.7 Å². The molecule has 0 amide bonds. The number of nitrogens with one attached hydrogen (secondary N) is 1. The minimum absolute atomic E-state index is 0.346. The molecule has 0 saturated heterocycles. The summed E-state index contributed by atoms with van der Waals surface area (Å²) in [6, 6.07) is 0. The molecular weight excluding hydrogens is 258 g/mol. The van der Waals surface area contributed by atoms with Gasteiger partial charge in [-0.05, 0) is 19.1 Å². The molecule has 0 spiro atoms. The molecule has 4 heteroatoms. The van der Waals surface area contributed by atoms with E-state index >= 15 is 0 Å². The maximum atomic E-state index is 6.66. The molecule has 0 radical (unpaired) electrons. The summed E-state index contributed by atoms with van der Waals surface area (Å²) >= 11 is -0.346. The van der Waals surface area contributed by atoms with Crippen molar-refractivity contribution in [3.05, 3.63) is 0 Å². The number of halogens is 2. The van der Waals surface area contributed by atoms with Crippen LogP contribution < -0.4 is 0 Å². The summed E-state index contributed by atoms with van der Waals surface area (Å²) in [6.07, 6.45) is 6.17. The Morgan fingerprint density at radius 1 is 1.40 bits per heavy atom. The molecule has 0 unspecified atom stereocenters. The van der Waals surface area contributed by atoms with E-state index in [1.54, 1.807) is 0 Å². The van der Waals surface area contributed by atoms with Crippen LogP contribution in [0.3, 0.4) is 0 Å². The molecule has 0 fully saturated rings.